The van der Waals surface area contributed by atoms with Gasteiger partial charge in [-0.25, -0.2) is 0 Å². The normalized spacial score (nSPS) is 24.3. The van der Waals surface area contributed by atoms with Crippen molar-refractivity contribution in [2.45, 2.75) is 18.8 Å². The molecule has 2 rings (SSSR count). The molecule has 0 amide bonds. The van der Waals surface area contributed by atoms with Crippen molar-refractivity contribution < 1.29 is 23.9 Å². The lowest BCUT2D eigenvalue weighted by molar-refractivity contribution is -0.150. The molecule has 3 atom stereocenters. The number of aldehydes is 1. The number of hydrogen-bond acceptors (Lipinski definition) is 7. The van der Waals surface area contributed by atoms with Gasteiger partial charge in [-0.2, -0.15) is 0 Å². The maximum atomic E-state index is 12.5. The summed E-state index contributed by atoms with van der Waals surface area (Å²) in [5.41, 5.74) is 1.31. The molecule has 1 aliphatic heterocycles. The molecule has 0 aliphatic carbocycles. The highest BCUT2D eigenvalue weighted by Gasteiger charge is 2.40. The van der Waals surface area contributed by atoms with Crippen LogP contribution in [0.5, 0.6) is 0 Å². The Morgan fingerprint density at radius 3 is 2.52 bits per heavy atom. The Balaban J connectivity index is 2.53. The molecular formula is C18H22O5S2. The first kappa shape index (κ1) is 19.8. The zero-order valence-corrected chi connectivity index (χ0v) is 15.9. The second-order valence-corrected chi connectivity index (χ2v) is 8.45. The monoisotopic (exact) mass is 382 g/mol. The van der Waals surface area contributed by atoms with Gasteiger partial charge in [-0.3, -0.25) is 14.4 Å². The molecule has 0 N–H and O–H groups in total. The largest absolute Gasteiger partial charge is 0.469 e. The van der Waals surface area contributed by atoms with Crippen molar-refractivity contribution in [3.63, 3.8) is 0 Å². The maximum Gasteiger partial charge on any atom is 0.310 e. The van der Waals surface area contributed by atoms with E-state index in [1.165, 1.54) is 14.2 Å². The van der Waals surface area contributed by atoms with Gasteiger partial charge in [0.1, 0.15) is 6.29 Å². The van der Waals surface area contributed by atoms with Crippen molar-refractivity contribution in [3.05, 3.63) is 35.4 Å². The topological polar surface area (TPSA) is 69.7 Å². The van der Waals surface area contributed by atoms with Crippen LogP contribution in [0.2, 0.25) is 0 Å². The summed E-state index contributed by atoms with van der Waals surface area (Å²) in [5.74, 6) is -0.529. The zero-order chi connectivity index (χ0) is 18.2. The highest BCUT2D eigenvalue weighted by atomic mass is 33.1. The van der Waals surface area contributed by atoms with Crippen molar-refractivity contribution in [2.24, 2.45) is 11.8 Å². The second-order valence-electron chi connectivity index (χ2n) is 5.82. The molecule has 0 aromatic heterocycles. The molecule has 136 valence electrons. The van der Waals surface area contributed by atoms with Crippen molar-refractivity contribution in [3.8, 4) is 0 Å². The standard InChI is InChI=1S/C18H22O5S2/c1-22-17(20)14-7-4-8-24-25-11-15(18(21)23-2)16(14)13-6-3-5-12(9-13)10-19/h3,5-6,9-10,14-16H,4,7-8,11H2,1-2H3. The molecule has 0 radical (unpaired) electrons. The van der Waals surface area contributed by atoms with E-state index in [0.717, 1.165) is 24.0 Å². The van der Waals surface area contributed by atoms with Crippen LogP contribution in [-0.4, -0.2) is 44.0 Å². The minimum atomic E-state index is -0.480. The number of benzene rings is 1. The van der Waals surface area contributed by atoms with Crippen molar-refractivity contribution >= 4 is 39.8 Å². The summed E-state index contributed by atoms with van der Waals surface area (Å²) >= 11 is 0. The maximum absolute atomic E-state index is 12.5. The first-order chi connectivity index (χ1) is 12.1. The Bertz CT molecular complexity index is 591. The SMILES string of the molecule is COC(=O)C1CCCSSCC(C(=O)OC)C1c1cccc(C=O)c1. The highest BCUT2D eigenvalue weighted by Crippen LogP contribution is 2.42. The Morgan fingerprint density at radius 1 is 1.12 bits per heavy atom. The number of esters is 2. The first-order valence-corrected chi connectivity index (χ1v) is 10.6. The van der Waals surface area contributed by atoms with Gasteiger partial charge in [0.25, 0.3) is 0 Å². The average molecular weight is 383 g/mol. The summed E-state index contributed by atoms with van der Waals surface area (Å²) < 4.78 is 10.0. The lowest BCUT2D eigenvalue weighted by Gasteiger charge is -2.30. The smallest absolute Gasteiger partial charge is 0.310 e. The number of carbonyl (C=O) groups is 3. The molecule has 7 heteroatoms. The van der Waals surface area contributed by atoms with Gasteiger partial charge >= 0.3 is 11.9 Å². The third kappa shape index (κ3) is 5.01. The number of rotatable bonds is 4. The van der Waals surface area contributed by atoms with Crippen LogP contribution in [0.4, 0.5) is 0 Å². The summed E-state index contributed by atoms with van der Waals surface area (Å²) in [7, 11) is 6.04. The van der Waals surface area contributed by atoms with Crippen LogP contribution >= 0.6 is 21.6 Å². The van der Waals surface area contributed by atoms with Crippen LogP contribution in [-0.2, 0) is 19.1 Å². The molecule has 1 aromatic rings. The summed E-state index contributed by atoms with van der Waals surface area (Å²) in [6, 6.07) is 7.09. The van der Waals surface area contributed by atoms with E-state index in [1.54, 1.807) is 39.8 Å². The molecule has 1 heterocycles. The minimum absolute atomic E-state index is 0.327. The third-order valence-electron chi connectivity index (χ3n) is 4.38. The summed E-state index contributed by atoms with van der Waals surface area (Å²) in [4.78, 5) is 36.1. The van der Waals surface area contributed by atoms with Crippen LogP contribution in [0.25, 0.3) is 0 Å². The molecule has 0 bridgehead atoms. The second kappa shape index (κ2) is 9.87. The molecule has 1 fully saturated rings. The van der Waals surface area contributed by atoms with E-state index in [2.05, 4.69) is 0 Å². The fraction of sp³-hybridized carbons (Fsp3) is 0.500. The predicted octanol–water partition coefficient (Wildman–Crippen LogP) is 3.34. The summed E-state index contributed by atoms with van der Waals surface area (Å²) in [6.07, 6.45) is 2.25. The molecular weight excluding hydrogens is 360 g/mol. The van der Waals surface area contributed by atoms with Gasteiger partial charge in [0, 0.05) is 23.0 Å². The molecule has 1 aliphatic rings. The van der Waals surface area contributed by atoms with Crippen LogP contribution in [0, 0.1) is 11.8 Å². The lowest BCUT2D eigenvalue weighted by Crippen LogP contribution is -2.34. The Hall–Kier alpha value is -1.47. The van der Waals surface area contributed by atoms with Gasteiger partial charge in [0.15, 0.2) is 0 Å². The van der Waals surface area contributed by atoms with E-state index in [9.17, 15) is 14.4 Å². The molecule has 1 aromatic carbocycles. The summed E-state index contributed by atoms with van der Waals surface area (Å²) in [6.45, 7) is 0. The average Bonchev–Trinajstić information content (AvgIpc) is 2.76. The number of carbonyl (C=O) groups excluding carboxylic acids is 3. The third-order valence-corrected chi connectivity index (χ3v) is 6.91. The van der Waals surface area contributed by atoms with Crippen LogP contribution < -0.4 is 0 Å². The molecule has 25 heavy (non-hydrogen) atoms. The molecule has 1 saturated heterocycles. The van der Waals surface area contributed by atoms with Crippen LogP contribution in [0.3, 0.4) is 0 Å². The van der Waals surface area contributed by atoms with E-state index in [0.29, 0.717) is 17.7 Å². The molecule has 5 nitrogen and oxygen atoms in total. The molecule has 3 unspecified atom stereocenters. The molecule has 0 saturated carbocycles. The lowest BCUT2D eigenvalue weighted by atomic mass is 9.75. The van der Waals surface area contributed by atoms with E-state index in [-0.39, 0.29) is 17.9 Å². The van der Waals surface area contributed by atoms with Gasteiger partial charge in [0.05, 0.1) is 26.1 Å². The number of ether oxygens (including phenoxy) is 2. The summed E-state index contributed by atoms with van der Waals surface area (Å²) in [5, 5.41) is 0. The highest BCUT2D eigenvalue weighted by molar-refractivity contribution is 8.76. The van der Waals surface area contributed by atoms with E-state index in [1.807, 2.05) is 6.07 Å². The van der Waals surface area contributed by atoms with E-state index in [4.69, 9.17) is 9.47 Å². The Kier molecular flexibility index (Phi) is 7.84. The van der Waals surface area contributed by atoms with Gasteiger partial charge < -0.3 is 9.47 Å². The quantitative estimate of drug-likeness (QED) is 0.449. The van der Waals surface area contributed by atoms with E-state index >= 15 is 0 Å². The van der Waals surface area contributed by atoms with Gasteiger partial charge in [-0.15, -0.1) is 0 Å². The fourth-order valence-electron chi connectivity index (χ4n) is 3.19. The molecule has 0 spiro atoms. The van der Waals surface area contributed by atoms with Gasteiger partial charge in [-0.05, 0) is 24.5 Å². The minimum Gasteiger partial charge on any atom is -0.469 e. The van der Waals surface area contributed by atoms with Gasteiger partial charge in [0.2, 0.25) is 0 Å². The van der Waals surface area contributed by atoms with Crippen LogP contribution in [0.1, 0.15) is 34.7 Å². The zero-order valence-electron chi connectivity index (χ0n) is 14.3. The Labute approximate surface area is 155 Å². The van der Waals surface area contributed by atoms with Crippen LogP contribution in [0.15, 0.2) is 24.3 Å². The Morgan fingerprint density at radius 2 is 1.84 bits per heavy atom. The van der Waals surface area contributed by atoms with Crippen molar-refractivity contribution in [1.82, 2.24) is 0 Å². The fourth-order valence-corrected chi connectivity index (χ4v) is 5.62. The first-order valence-electron chi connectivity index (χ1n) is 8.07. The predicted molar refractivity (Wildman–Crippen MR) is 99.7 cm³/mol. The van der Waals surface area contributed by atoms with E-state index < -0.39 is 11.8 Å². The van der Waals surface area contributed by atoms with Gasteiger partial charge in [-0.1, -0.05) is 39.8 Å². The number of methoxy groups -OCH3 is 2. The van der Waals surface area contributed by atoms with Crippen molar-refractivity contribution in [2.75, 3.05) is 25.7 Å². The van der Waals surface area contributed by atoms with Crippen molar-refractivity contribution in [1.29, 1.82) is 0 Å². The number of hydrogen-bond donors (Lipinski definition) is 0.